The molecule has 0 fully saturated rings. The summed E-state index contributed by atoms with van der Waals surface area (Å²) in [5.41, 5.74) is 0. The van der Waals surface area contributed by atoms with Crippen LogP contribution < -0.4 is 0 Å². The summed E-state index contributed by atoms with van der Waals surface area (Å²) < 4.78 is 41.6. The van der Waals surface area contributed by atoms with Gasteiger partial charge in [-0.3, -0.25) is 65.6 Å². The molecule has 158 valence electrons. The van der Waals surface area contributed by atoms with E-state index in [9.17, 15) is 73.9 Å². The Morgan fingerprint density at radius 2 is 0.643 bits per heavy atom. The average molecular weight is 425 g/mol. The number of hydrogen-bond donors (Lipinski definition) is 0. The van der Waals surface area contributed by atoms with Crippen LogP contribution in [0.3, 0.4) is 0 Å². The van der Waals surface area contributed by atoms with E-state index < -0.39 is 71.8 Å². The van der Waals surface area contributed by atoms with E-state index in [1.807, 2.05) is 0 Å². The van der Waals surface area contributed by atoms with Crippen LogP contribution in [0.4, 0.5) is 13.2 Å². The molecule has 0 N–H and O–H groups in total. The zero-order valence-corrected chi connectivity index (χ0v) is 12.8. The maximum Gasteiger partial charge on any atom is 0.626 e. The molecule has 0 heterocycles. The van der Waals surface area contributed by atoms with Crippen LogP contribution in [0.5, 0.6) is 0 Å². The molecule has 0 spiro atoms. The third-order valence-electron chi connectivity index (χ3n) is 2.95. The van der Waals surface area contributed by atoms with E-state index in [-0.39, 0.29) is 0 Å². The summed E-state index contributed by atoms with van der Waals surface area (Å²) in [5, 5.41) is 63.0. The molecule has 0 aromatic rings. The molecule has 0 atom stereocenters. The Morgan fingerprint density at radius 1 is 0.500 bits per heavy atom. The van der Waals surface area contributed by atoms with Crippen LogP contribution in [0.2, 0.25) is 0 Å². The summed E-state index contributed by atoms with van der Waals surface area (Å²) in [6.45, 7) is -7.69. The van der Waals surface area contributed by atoms with Gasteiger partial charge < -0.3 is 0 Å². The molecule has 0 aliphatic rings. The first kappa shape index (κ1) is 24.1. The van der Waals surface area contributed by atoms with E-state index in [1.165, 1.54) is 0 Å². The fourth-order valence-electron chi connectivity index (χ4n) is 1.57. The van der Waals surface area contributed by atoms with E-state index in [2.05, 4.69) is 0 Å². The lowest BCUT2D eigenvalue weighted by Crippen LogP contribution is -2.61. The van der Waals surface area contributed by atoms with Gasteiger partial charge in [-0.05, 0) is 0 Å². The summed E-state index contributed by atoms with van der Waals surface area (Å²) in [6.07, 6.45) is 0. The van der Waals surface area contributed by atoms with Crippen molar-refractivity contribution in [1.82, 2.24) is 4.90 Å². The number of rotatable bonds is 12. The van der Waals surface area contributed by atoms with Gasteiger partial charge in [0.2, 0.25) is 0 Å². The van der Waals surface area contributed by atoms with E-state index in [4.69, 9.17) is 0 Å². The van der Waals surface area contributed by atoms with Crippen molar-refractivity contribution >= 4 is 0 Å². The Labute approximate surface area is 147 Å². The topological polar surface area (TPSA) is 262 Å². The van der Waals surface area contributed by atoms with E-state index in [1.54, 1.807) is 0 Å². The molecule has 0 saturated carbocycles. The van der Waals surface area contributed by atoms with Gasteiger partial charge in [0.1, 0.15) is 29.5 Å². The predicted molar refractivity (Wildman–Crippen MR) is 69.9 cm³/mol. The molecule has 0 bridgehead atoms. The SMILES string of the molecule is O=[N+]([O-])C(F)(CN(CC(F)([N+](=O)[O-])[N+](=O)[O-])CC(F)([N+](=O)[O-])[N+](=O)[O-])[N+](=O)[O-]. The third-order valence-corrected chi connectivity index (χ3v) is 2.95. The number of alkyl halides is 3. The lowest BCUT2D eigenvalue weighted by molar-refractivity contribution is -0.845. The van der Waals surface area contributed by atoms with Gasteiger partial charge in [0.15, 0.2) is 19.6 Å². The monoisotopic (exact) mass is 425 g/mol. The van der Waals surface area contributed by atoms with Crippen molar-refractivity contribution in [1.29, 1.82) is 0 Å². The second-order valence-electron chi connectivity index (χ2n) is 4.84. The number of hydrogen-bond acceptors (Lipinski definition) is 13. The summed E-state index contributed by atoms with van der Waals surface area (Å²) >= 11 is 0. The third kappa shape index (κ3) is 4.46. The van der Waals surface area contributed by atoms with Crippen LogP contribution in [0, 0.1) is 60.7 Å². The van der Waals surface area contributed by atoms with Crippen LogP contribution in [-0.2, 0) is 0 Å². The molecule has 0 aromatic heterocycles. The Kier molecular flexibility index (Phi) is 6.73. The smallest absolute Gasteiger partial charge is 0.256 e. The molecular formula is C6H6F3N7O12. The quantitative estimate of drug-likeness (QED) is 0.154. The lowest BCUT2D eigenvalue weighted by atomic mass is 10.3. The zero-order valence-electron chi connectivity index (χ0n) is 12.8. The minimum Gasteiger partial charge on any atom is -0.256 e. The highest BCUT2D eigenvalue weighted by Gasteiger charge is 2.68. The van der Waals surface area contributed by atoms with Crippen molar-refractivity contribution in [3.8, 4) is 0 Å². The number of nitrogens with zero attached hydrogens (tertiary/aromatic N) is 7. The molecule has 0 rings (SSSR count). The van der Waals surface area contributed by atoms with Crippen LogP contribution >= 0.6 is 0 Å². The van der Waals surface area contributed by atoms with E-state index >= 15 is 0 Å². The molecule has 28 heavy (non-hydrogen) atoms. The molecule has 0 radical (unpaired) electrons. The summed E-state index contributed by atoms with van der Waals surface area (Å²) in [4.78, 5) is 48.1. The first-order valence-electron chi connectivity index (χ1n) is 6.11. The summed E-state index contributed by atoms with van der Waals surface area (Å²) in [7, 11) is 0. The van der Waals surface area contributed by atoms with Gasteiger partial charge in [-0.25, -0.2) is 0 Å². The Morgan fingerprint density at radius 3 is 0.750 bits per heavy atom. The minimum atomic E-state index is -4.94. The first-order valence-corrected chi connectivity index (χ1v) is 6.11. The molecule has 0 aromatic carbocycles. The highest BCUT2D eigenvalue weighted by Crippen LogP contribution is 2.24. The largest absolute Gasteiger partial charge is 0.626 e. The normalized spacial score (nSPS) is 12.4. The molecule has 19 nitrogen and oxygen atoms in total. The van der Waals surface area contributed by atoms with Crippen LogP contribution in [0.15, 0.2) is 0 Å². The molecule has 0 aliphatic heterocycles. The van der Waals surface area contributed by atoms with Gasteiger partial charge in [0.25, 0.3) is 0 Å². The Hall–Kier alpha value is -3.85. The number of nitro groups is 6. The molecule has 22 heteroatoms. The predicted octanol–water partition coefficient (Wildman–Crippen LogP) is -1.18. The van der Waals surface area contributed by atoms with E-state index in [0.717, 1.165) is 0 Å². The molecule has 0 amide bonds. The van der Waals surface area contributed by atoms with Gasteiger partial charge in [-0.1, -0.05) is 13.2 Å². The van der Waals surface area contributed by atoms with Crippen molar-refractivity contribution in [3.05, 3.63) is 60.7 Å². The van der Waals surface area contributed by atoms with Gasteiger partial charge in [0, 0.05) is 0 Å². The maximum absolute atomic E-state index is 13.9. The molecule has 0 aliphatic carbocycles. The summed E-state index contributed by atoms with van der Waals surface area (Å²) in [6, 6.07) is 0. The summed E-state index contributed by atoms with van der Waals surface area (Å²) in [5.74, 6) is -14.8. The van der Waals surface area contributed by atoms with Crippen molar-refractivity contribution in [2.24, 2.45) is 0 Å². The van der Waals surface area contributed by atoms with Gasteiger partial charge in [-0.15, -0.1) is 0 Å². The second kappa shape index (κ2) is 7.80. The average Bonchev–Trinajstić information content (AvgIpc) is 2.52. The Bertz CT molecular complexity index is 593. The maximum atomic E-state index is 13.9. The van der Waals surface area contributed by atoms with Crippen molar-refractivity contribution in [3.63, 3.8) is 0 Å². The van der Waals surface area contributed by atoms with Crippen molar-refractivity contribution in [2.75, 3.05) is 19.6 Å². The van der Waals surface area contributed by atoms with Crippen LogP contribution in [0.25, 0.3) is 0 Å². The molecule has 0 saturated heterocycles. The van der Waals surface area contributed by atoms with Crippen molar-refractivity contribution < 1.29 is 42.7 Å². The zero-order chi connectivity index (χ0) is 22.7. The van der Waals surface area contributed by atoms with Crippen LogP contribution in [0.1, 0.15) is 0 Å². The minimum absolute atomic E-state index is 0.900. The Balaban J connectivity index is 6.32. The van der Waals surface area contributed by atoms with Crippen molar-refractivity contribution in [2.45, 2.75) is 17.7 Å². The standard InChI is InChI=1S/C6H6F3N7O12/c7-4(11(17)18,12(19)20)1-10(2-5(8,13(21)22)14(23)24)3-6(9,15(25)26)16(27)28/h1-3H2. The lowest BCUT2D eigenvalue weighted by Gasteiger charge is -2.22. The first-order chi connectivity index (χ1) is 12.4. The van der Waals surface area contributed by atoms with Gasteiger partial charge in [0.05, 0.1) is 0 Å². The van der Waals surface area contributed by atoms with Crippen LogP contribution in [-0.4, -0.2) is 71.8 Å². The highest BCUT2D eigenvalue weighted by molar-refractivity contribution is 4.72. The number of halogens is 3. The highest BCUT2D eigenvalue weighted by atomic mass is 19.2. The van der Waals surface area contributed by atoms with Gasteiger partial charge in [-0.2, -0.15) is 0 Å². The van der Waals surface area contributed by atoms with Gasteiger partial charge >= 0.3 is 17.7 Å². The second-order valence-corrected chi connectivity index (χ2v) is 4.84. The fraction of sp³-hybridized carbons (Fsp3) is 1.00. The molecular weight excluding hydrogens is 419 g/mol. The van der Waals surface area contributed by atoms with E-state index in [0.29, 0.717) is 0 Å². The fourth-order valence-corrected chi connectivity index (χ4v) is 1.57. The molecule has 0 unspecified atom stereocenters.